The lowest BCUT2D eigenvalue weighted by molar-refractivity contribution is -0.0117. The fraction of sp³-hybridized carbons (Fsp3) is 0.538. The summed E-state index contributed by atoms with van der Waals surface area (Å²) >= 11 is 0. The number of ether oxygens (including phenoxy) is 2. The molecular weight excluding hydrogens is 221 g/mol. The van der Waals surface area contributed by atoms with Crippen LogP contribution in [0.5, 0.6) is 0 Å². The molecule has 0 saturated heterocycles. The standard InChI is InChI=1S/C13H20FNO2/c1-3-16-8-10(2)17-9-11-4-5-13(14)12(6-11)7-15/h4-6,10H,3,7-9,15H2,1-2H3. The summed E-state index contributed by atoms with van der Waals surface area (Å²) < 4.78 is 24.0. The zero-order valence-corrected chi connectivity index (χ0v) is 10.4. The molecule has 0 aromatic heterocycles. The Balaban J connectivity index is 2.46. The van der Waals surface area contributed by atoms with Crippen molar-refractivity contribution in [2.45, 2.75) is 33.1 Å². The average molecular weight is 241 g/mol. The summed E-state index contributed by atoms with van der Waals surface area (Å²) in [6.07, 6.45) is 0.0290. The molecule has 0 aliphatic rings. The molecule has 17 heavy (non-hydrogen) atoms. The topological polar surface area (TPSA) is 44.5 Å². The van der Waals surface area contributed by atoms with Crippen LogP contribution in [0.1, 0.15) is 25.0 Å². The zero-order valence-electron chi connectivity index (χ0n) is 10.4. The molecule has 4 heteroatoms. The Labute approximate surface area is 102 Å². The van der Waals surface area contributed by atoms with Gasteiger partial charge in [0, 0.05) is 18.7 Å². The molecule has 0 amide bonds. The second kappa shape index (κ2) is 7.37. The Kier molecular flexibility index (Phi) is 6.11. The van der Waals surface area contributed by atoms with Gasteiger partial charge in [0.05, 0.1) is 19.3 Å². The van der Waals surface area contributed by atoms with Crippen molar-refractivity contribution in [1.82, 2.24) is 0 Å². The van der Waals surface area contributed by atoms with E-state index in [1.54, 1.807) is 12.1 Å². The lowest BCUT2D eigenvalue weighted by atomic mass is 10.1. The maximum absolute atomic E-state index is 13.2. The minimum Gasteiger partial charge on any atom is -0.379 e. The SMILES string of the molecule is CCOCC(C)OCc1ccc(F)c(CN)c1. The highest BCUT2D eigenvalue weighted by Gasteiger charge is 2.05. The highest BCUT2D eigenvalue weighted by atomic mass is 19.1. The lowest BCUT2D eigenvalue weighted by Gasteiger charge is -2.13. The molecule has 0 fully saturated rings. The van der Waals surface area contributed by atoms with Crippen LogP contribution in [0.25, 0.3) is 0 Å². The normalized spacial score (nSPS) is 12.7. The largest absolute Gasteiger partial charge is 0.379 e. The number of halogens is 1. The monoisotopic (exact) mass is 241 g/mol. The van der Waals surface area contributed by atoms with Crippen LogP contribution in [0.3, 0.4) is 0 Å². The van der Waals surface area contributed by atoms with E-state index in [0.717, 1.165) is 5.56 Å². The average Bonchev–Trinajstić information content (AvgIpc) is 2.35. The van der Waals surface area contributed by atoms with Crippen molar-refractivity contribution in [1.29, 1.82) is 0 Å². The minimum atomic E-state index is -0.265. The molecule has 96 valence electrons. The van der Waals surface area contributed by atoms with Crippen LogP contribution in [-0.4, -0.2) is 19.3 Å². The van der Waals surface area contributed by atoms with Gasteiger partial charge in [-0.2, -0.15) is 0 Å². The van der Waals surface area contributed by atoms with Gasteiger partial charge >= 0.3 is 0 Å². The molecule has 1 rings (SSSR count). The first-order valence-corrected chi connectivity index (χ1v) is 5.84. The van der Waals surface area contributed by atoms with E-state index in [2.05, 4.69) is 0 Å². The third kappa shape index (κ3) is 4.81. The molecule has 0 heterocycles. The van der Waals surface area contributed by atoms with Crippen molar-refractivity contribution in [2.24, 2.45) is 5.73 Å². The highest BCUT2D eigenvalue weighted by Crippen LogP contribution is 2.11. The van der Waals surface area contributed by atoms with E-state index in [4.69, 9.17) is 15.2 Å². The van der Waals surface area contributed by atoms with E-state index < -0.39 is 0 Å². The second-order valence-electron chi connectivity index (χ2n) is 3.91. The molecule has 0 spiro atoms. The molecular formula is C13H20FNO2. The van der Waals surface area contributed by atoms with Crippen molar-refractivity contribution < 1.29 is 13.9 Å². The van der Waals surface area contributed by atoms with Crippen molar-refractivity contribution in [3.63, 3.8) is 0 Å². The molecule has 3 nitrogen and oxygen atoms in total. The Morgan fingerprint density at radius 1 is 1.41 bits per heavy atom. The minimum absolute atomic E-state index is 0.0290. The van der Waals surface area contributed by atoms with Crippen LogP contribution >= 0.6 is 0 Å². The Morgan fingerprint density at radius 2 is 2.18 bits per heavy atom. The highest BCUT2D eigenvalue weighted by molar-refractivity contribution is 5.24. The molecule has 1 atom stereocenters. The number of hydrogen-bond acceptors (Lipinski definition) is 3. The third-order valence-corrected chi connectivity index (χ3v) is 2.42. The molecule has 0 saturated carbocycles. The zero-order chi connectivity index (χ0) is 12.7. The quantitative estimate of drug-likeness (QED) is 0.796. The lowest BCUT2D eigenvalue weighted by Crippen LogP contribution is -2.16. The maximum Gasteiger partial charge on any atom is 0.127 e. The van der Waals surface area contributed by atoms with Crippen molar-refractivity contribution >= 4 is 0 Å². The number of nitrogens with two attached hydrogens (primary N) is 1. The van der Waals surface area contributed by atoms with Crippen LogP contribution in [0.2, 0.25) is 0 Å². The van der Waals surface area contributed by atoms with Gasteiger partial charge in [0.1, 0.15) is 5.82 Å². The molecule has 0 bridgehead atoms. The van der Waals surface area contributed by atoms with Crippen LogP contribution in [0.15, 0.2) is 18.2 Å². The van der Waals surface area contributed by atoms with Gasteiger partial charge in [-0.05, 0) is 31.5 Å². The number of rotatable bonds is 7. The Morgan fingerprint density at radius 3 is 2.82 bits per heavy atom. The van der Waals surface area contributed by atoms with E-state index in [9.17, 15) is 4.39 Å². The second-order valence-corrected chi connectivity index (χ2v) is 3.91. The summed E-state index contributed by atoms with van der Waals surface area (Å²) in [6.45, 7) is 5.79. The summed E-state index contributed by atoms with van der Waals surface area (Å²) in [5, 5.41) is 0. The fourth-order valence-electron chi connectivity index (χ4n) is 1.44. The van der Waals surface area contributed by atoms with Gasteiger partial charge < -0.3 is 15.2 Å². The summed E-state index contributed by atoms with van der Waals surface area (Å²) in [7, 11) is 0. The smallest absolute Gasteiger partial charge is 0.127 e. The van der Waals surface area contributed by atoms with Crippen LogP contribution in [0.4, 0.5) is 4.39 Å². The summed E-state index contributed by atoms with van der Waals surface area (Å²) in [5.74, 6) is -0.265. The molecule has 1 aromatic rings. The van der Waals surface area contributed by atoms with Gasteiger partial charge in [-0.1, -0.05) is 6.07 Å². The van der Waals surface area contributed by atoms with E-state index in [0.29, 0.717) is 25.4 Å². The molecule has 1 unspecified atom stereocenters. The van der Waals surface area contributed by atoms with Gasteiger partial charge in [0.25, 0.3) is 0 Å². The van der Waals surface area contributed by atoms with Gasteiger partial charge in [0.15, 0.2) is 0 Å². The first-order valence-electron chi connectivity index (χ1n) is 5.84. The van der Waals surface area contributed by atoms with E-state index in [-0.39, 0.29) is 18.5 Å². The molecule has 0 aliphatic heterocycles. The van der Waals surface area contributed by atoms with Gasteiger partial charge in [-0.15, -0.1) is 0 Å². The number of benzene rings is 1. The van der Waals surface area contributed by atoms with Crippen molar-refractivity contribution in [2.75, 3.05) is 13.2 Å². The molecule has 1 aromatic carbocycles. The molecule has 0 radical (unpaired) electrons. The first-order chi connectivity index (χ1) is 8.17. The number of hydrogen-bond donors (Lipinski definition) is 1. The Hall–Kier alpha value is -0.970. The van der Waals surface area contributed by atoms with E-state index in [1.807, 2.05) is 13.8 Å². The summed E-state index contributed by atoms with van der Waals surface area (Å²) in [5.41, 5.74) is 6.88. The Bertz CT molecular complexity index is 344. The van der Waals surface area contributed by atoms with Gasteiger partial charge in [0.2, 0.25) is 0 Å². The van der Waals surface area contributed by atoms with E-state index in [1.165, 1.54) is 6.07 Å². The van der Waals surface area contributed by atoms with E-state index >= 15 is 0 Å². The fourth-order valence-corrected chi connectivity index (χ4v) is 1.44. The van der Waals surface area contributed by atoms with Crippen molar-refractivity contribution in [3.05, 3.63) is 35.1 Å². The first kappa shape index (κ1) is 14.1. The van der Waals surface area contributed by atoms with Crippen LogP contribution < -0.4 is 5.73 Å². The van der Waals surface area contributed by atoms with Gasteiger partial charge in [-0.3, -0.25) is 0 Å². The van der Waals surface area contributed by atoms with Gasteiger partial charge in [-0.25, -0.2) is 4.39 Å². The van der Waals surface area contributed by atoms with Crippen molar-refractivity contribution in [3.8, 4) is 0 Å². The summed E-state index contributed by atoms with van der Waals surface area (Å²) in [6, 6.07) is 4.87. The maximum atomic E-state index is 13.2. The predicted molar refractivity (Wildman–Crippen MR) is 65.0 cm³/mol. The summed E-state index contributed by atoms with van der Waals surface area (Å²) in [4.78, 5) is 0. The van der Waals surface area contributed by atoms with Crippen LogP contribution in [0, 0.1) is 5.82 Å². The molecule has 2 N–H and O–H groups in total. The van der Waals surface area contributed by atoms with Crippen LogP contribution in [-0.2, 0) is 22.6 Å². The third-order valence-electron chi connectivity index (χ3n) is 2.42. The predicted octanol–water partition coefficient (Wildman–Crippen LogP) is 2.23. The molecule has 0 aliphatic carbocycles.